The number of hydrazone groups is 1. The number of hydrogen-bond donors (Lipinski definition) is 1. The number of carbonyl (C=O) groups is 2. The number of esters is 1. The predicted molar refractivity (Wildman–Crippen MR) is 142 cm³/mol. The number of halogens is 1. The van der Waals surface area contributed by atoms with Crippen LogP contribution < -0.4 is 24.4 Å². The van der Waals surface area contributed by atoms with Crippen LogP contribution in [0.2, 0.25) is 5.02 Å². The Bertz CT molecular complexity index is 1480. The summed E-state index contributed by atoms with van der Waals surface area (Å²) < 4.78 is 21.6. The van der Waals surface area contributed by atoms with Crippen LogP contribution in [0.3, 0.4) is 0 Å². The lowest BCUT2D eigenvalue weighted by atomic mass is 10.0. The van der Waals surface area contributed by atoms with Crippen molar-refractivity contribution >= 4 is 40.5 Å². The summed E-state index contributed by atoms with van der Waals surface area (Å²) in [4.78, 5) is 25.7. The molecule has 0 aliphatic heterocycles. The van der Waals surface area contributed by atoms with Gasteiger partial charge in [-0.2, -0.15) is 5.10 Å². The number of ether oxygens (including phenoxy) is 4. The van der Waals surface area contributed by atoms with Crippen LogP contribution >= 0.6 is 11.6 Å². The average molecular weight is 519 g/mol. The number of amides is 1. The highest BCUT2D eigenvalue weighted by atomic mass is 35.5. The van der Waals surface area contributed by atoms with E-state index in [1.165, 1.54) is 39.7 Å². The second kappa shape index (κ2) is 11.5. The van der Waals surface area contributed by atoms with Crippen molar-refractivity contribution < 1.29 is 28.5 Å². The van der Waals surface area contributed by atoms with Crippen LogP contribution in [-0.2, 0) is 0 Å². The Morgan fingerprint density at radius 3 is 2.19 bits per heavy atom. The number of methoxy groups -OCH3 is 3. The van der Waals surface area contributed by atoms with Gasteiger partial charge in [0, 0.05) is 11.1 Å². The Labute approximate surface area is 218 Å². The van der Waals surface area contributed by atoms with Crippen molar-refractivity contribution in [3.8, 4) is 23.0 Å². The molecule has 9 heteroatoms. The van der Waals surface area contributed by atoms with E-state index < -0.39 is 11.9 Å². The van der Waals surface area contributed by atoms with Crippen molar-refractivity contribution in [3.63, 3.8) is 0 Å². The molecule has 4 aromatic rings. The van der Waals surface area contributed by atoms with Gasteiger partial charge in [-0.1, -0.05) is 54.1 Å². The topological polar surface area (TPSA) is 95.5 Å². The molecule has 0 radical (unpaired) electrons. The van der Waals surface area contributed by atoms with Gasteiger partial charge in [0.1, 0.15) is 5.75 Å². The van der Waals surface area contributed by atoms with Gasteiger partial charge in [0.05, 0.1) is 38.1 Å². The second-order valence-corrected chi connectivity index (χ2v) is 8.09. The van der Waals surface area contributed by atoms with Gasteiger partial charge in [-0.05, 0) is 41.1 Å². The third-order valence-corrected chi connectivity index (χ3v) is 5.84. The third-order valence-electron chi connectivity index (χ3n) is 5.51. The van der Waals surface area contributed by atoms with E-state index in [0.717, 1.165) is 10.8 Å². The maximum Gasteiger partial charge on any atom is 0.345 e. The molecule has 0 unspecified atom stereocenters. The molecular weight excluding hydrogens is 496 g/mol. The lowest BCUT2D eigenvalue weighted by molar-refractivity contribution is 0.0734. The molecule has 0 heterocycles. The van der Waals surface area contributed by atoms with E-state index in [4.69, 9.17) is 30.5 Å². The molecule has 0 bridgehead atoms. The fourth-order valence-corrected chi connectivity index (χ4v) is 3.92. The zero-order valence-electron chi connectivity index (χ0n) is 20.3. The van der Waals surface area contributed by atoms with E-state index >= 15 is 0 Å². The van der Waals surface area contributed by atoms with Crippen LogP contribution in [0, 0.1) is 0 Å². The molecule has 0 saturated heterocycles. The van der Waals surface area contributed by atoms with Crippen molar-refractivity contribution in [2.75, 3.05) is 21.3 Å². The van der Waals surface area contributed by atoms with Gasteiger partial charge in [0.25, 0.3) is 5.91 Å². The predicted octanol–water partition coefficient (Wildman–Crippen LogP) is 5.50. The summed E-state index contributed by atoms with van der Waals surface area (Å²) in [5.74, 6) is 0.167. The normalized spacial score (nSPS) is 10.8. The molecule has 0 aromatic heterocycles. The van der Waals surface area contributed by atoms with Crippen LogP contribution in [0.25, 0.3) is 10.8 Å². The standard InChI is InChI=1S/C28H23ClN2O6/c1-34-24-14-18(15-25(35-2)26(24)36-3)27(32)31-30-16-21-19-9-5-4-8-17(19)12-13-23(21)37-28(33)20-10-6-7-11-22(20)29/h4-16H,1-3H3,(H,31,32). The molecule has 0 spiro atoms. The molecule has 1 N–H and O–H groups in total. The summed E-state index contributed by atoms with van der Waals surface area (Å²) in [6, 6.07) is 20.7. The van der Waals surface area contributed by atoms with Gasteiger partial charge in [0.2, 0.25) is 5.75 Å². The van der Waals surface area contributed by atoms with Gasteiger partial charge in [-0.25, -0.2) is 10.2 Å². The number of nitrogens with zero attached hydrogens (tertiary/aromatic N) is 1. The monoisotopic (exact) mass is 518 g/mol. The number of benzene rings is 4. The number of hydrogen-bond acceptors (Lipinski definition) is 7. The Balaban J connectivity index is 1.64. The van der Waals surface area contributed by atoms with E-state index in [0.29, 0.717) is 22.8 Å². The van der Waals surface area contributed by atoms with Gasteiger partial charge in [-0.3, -0.25) is 4.79 Å². The van der Waals surface area contributed by atoms with Crippen LogP contribution in [0.1, 0.15) is 26.3 Å². The van der Waals surface area contributed by atoms with Crippen LogP contribution in [-0.4, -0.2) is 39.4 Å². The molecule has 37 heavy (non-hydrogen) atoms. The quantitative estimate of drug-likeness (QED) is 0.143. The first kappa shape index (κ1) is 25.5. The summed E-state index contributed by atoms with van der Waals surface area (Å²) in [7, 11) is 4.40. The fraction of sp³-hybridized carbons (Fsp3) is 0.107. The van der Waals surface area contributed by atoms with Crippen molar-refractivity contribution in [2.24, 2.45) is 5.10 Å². The fourth-order valence-electron chi connectivity index (χ4n) is 3.71. The summed E-state index contributed by atoms with van der Waals surface area (Å²) >= 11 is 6.16. The first-order valence-electron chi connectivity index (χ1n) is 11.1. The van der Waals surface area contributed by atoms with Gasteiger partial charge < -0.3 is 18.9 Å². The van der Waals surface area contributed by atoms with Crippen LogP contribution in [0.4, 0.5) is 0 Å². The molecule has 1 amide bonds. The minimum Gasteiger partial charge on any atom is -0.493 e. The first-order valence-corrected chi connectivity index (χ1v) is 11.5. The van der Waals surface area contributed by atoms with E-state index in [2.05, 4.69) is 10.5 Å². The molecule has 8 nitrogen and oxygen atoms in total. The largest absolute Gasteiger partial charge is 0.493 e. The van der Waals surface area contributed by atoms with Crippen molar-refractivity contribution in [1.29, 1.82) is 0 Å². The zero-order valence-corrected chi connectivity index (χ0v) is 21.0. The zero-order chi connectivity index (χ0) is 26.4. The summed E-state index contributed by atoms with van der Waals surface area (Å²) in [6.45, 7) is 0. The highest BCUT2D eigenvalue weighted by Crippen LogP contribution is 2.38. The maximum absolute atomic E-state index is 12.8. The smallest absolute Gasteiger partial charge is 0.345 e. The number of fused-ring (bicyclic) bond motifs is 1. The molecule has 188 valence electrons. The lowest BCUT2D eigenvalue weighted by Gasteiger charge is -2.13. The Morgan fingerprint density at radius 2 is 1.51 bits per heavy atom. The molecule has 4 aromatic carbocycles. The minimum atomic E-state index is -0.614. The van der Waals surface area contributed by atoms with E-state index in [1.807, 2.05) is 30.3 Å². The van der Waals surface area contributed by atoms with E-state index in [-0.39, 0.29) is 21.9 Å². The molecule has 0 saturated carbocycles. The molecule has 0 aliphatic rings. The SMILES string of the molecule is COc1cc(C(=O)NN=Cc2c(OC(=O)c3ccccc3Cl)ccc3ccccc23)cc(OC)c1OC. The average Bonchev–Trinajstić information content (AvgIpc) is 2.93. The molecule has 0 fully saturated rings. The van der Waals surface area contributed by atoms with Crippen molar-refractivity contribution in [2.45, 2.75) is 0 Å². The summed E-state index contributed by atoms with van der Waals surface area (Å²) in [5, 5.41) is 6.08. The van der Waals surface area contributed by atoms with Crippen LogP contribution in [0.5, 0.6) is 23.0 Å². The minimum absolute atomic E-state index is 0.232. The second-order valence-electron chi connectivity index (χ2n) is 7.68. The summed E-state index contributed by atoms with van der Waals surface area (Å²) in [5.41, 5.74) is 3.47. The van der Waals surface area contributed by atoms with Gasteiger partial charge in [-0.15, -0.1) is 0 Å². The summed E-state index contributed by atoms with van der Waals surface area (Å²) in [6.07, 6.45) is 1.42. The van der Waals surface area contributed by atoms with E-state index in [9.17, 15) is 9.59 Å². The molecule has 0 aliphatic carbocycles. The number of rotatable bonds is 8. The Kier molecular flexibility index (Phi) is 7.90. The van der Waals surface area contributed by atoms with E-state index in [1.54, 1.807) is 30.3 Å². The number of nitrogens with one attached hydrogen (secondary N) is 1. The van der Waals surface area contributed by atoms with Crippen molar-refractivity contribution in [1.82, 2.24) is 5.43 Å². The maximum atomic E-state index is 12.8. The Hall–Kier alpha value is -4.56. The molecular formula is C28H23ClN2O6. The highest BCUT2D eigenvalue weighted by Gasteiger charge is 2.18. The van der Waals surface area contributed by atoms with Crippen LogP contribution in [0.15, 0.2) is 77.9 Å². The Morgan fingerprint density at radius 1 is 0.838 bits per heavy atom. The van der Waals surface area contributed by atoms with Crippen molar-refractivity contribution in [3.05, 3.63) is 94.5 Å². The van der Waals surface area contributed by atoms with Gasteiger partial charge in [0.15, 0.2) is 11.5 Å². The highest BCUT2D eigenvalue weighted by molar-refractivity contribution is 6.33. The third kappa shape index (κ3) is 5.49. The van der Waals surface area contributed by atoms with Gasteiger partial charge >= 0.3 is 5.97 Å². The number of carbonyl (C=O) groups excluding carboxylic acids is 2. The molecule has 4 rings (SSSR count). The first-order chi connectivity index (χ1) is 18.0. The molecule has 0 atom stereocenters. The lowest BCUT2D eigenvalue weighted by Crippen LogP contribution is -2.18.